The minimum absolute atomic E-state index is 0.0687. The number of aryl methyl sites for hydroxylation is 1. The molecule has 11 nitrogen and oxygen atoms in total. The van der Waals surface area contributed by atoms with Crippen molar-refractivity contribution in [1.29, 1.82) is 0 Å². The number of carbonyl (C=O) groups is 1. The van der Waals surface area contributed by atoms with Gasteiger partial charge in [0.15, 0.2) is 5.69 Å². The molecule has 5 rings (SSSR count). The van der Waals surface area contributed by atoms with Crippen LogP contribution in [0.1, 0.15) is 31.4 Å². The fourth-order valence-electron chi connectivity index (χ4n) is 4.28. The lowest BCUT2D eigenvalue weighted by molar-refractivity contribution is -0.140. The fourth-order valence-corrected chi connectivity index (χ4v) is 5.14. The maximum Gasteiger partial charge on any atom is 0.434 e. The second-order valence-corrected chi connectivity index (χ2v) is 10.3. The van der Waals surface area contributed by atoms with Gasteiger partial charge in [-0.05, 0) is 44.5 Å². The van der Waals surface area contributed by atoms with E-state index in [1.54, 1.807) is 26.0 Å². The zero-order chi connectivity index (χ0) is 29.1. The number of rotatable bonds is 7. The highest BCUT2D eigenvalue weighted by Gasteiger charge is 2.34. The predicted octanol–water partition coefficient (Wildman–Crippen LogP) is 5.26. The fraction of sp³-hybridized carbons (Fsp3) is 0.385. The third-order valence-corrected chi connectivity index (χ3v) is 7.19. The second kappa shape index (κ2) is 11.8. The van der Waals surface area contributed by atoms with Gasteiger partial charge in [0.2, 0.25) is 11.8 Å². The summed E-state index contributed by atoms with van der Waals surface area (Å²) in [6.07, 6.45) is -1.60. The average Bonchev–Trinajstić information content (AvgIpc) is 3.60. The van der Waals surface area contributed by atoms with Crippen LogP contribution in [0.4, 0.5) is 23.8 Å². The first-order valence-electron chi connectivity index (χ1n) is 12.8. The number of pyridine rings is 2. The quantitative estimate of drug-likeness (QED) is 0.297. The largest absolute Gasteiger partial charge is 0.474 e. The van der Waals surface area contributed by atoms with Crippen molar-refractivity contribution in [3.63, 3.8) is 0 Å². The van der Waals surface area contributed by atoms with Gasteiger partial charge in [0.05, 0.1) is 0 Å². The molecule has 1 saturated heterocycles. The zero-order valence-electron chi connectivity index (χ0n) is 22.4. The number of hydrogen-bond acceptors (Lipinski definition) is 10. The van der Waals surface area contributed by atoms with E-state index in [-0.39, 0.29) is 22.8 Å². The molecule has 1 aliphatic heterocycles. The molecule has 0 radical (unpaired) electrons. The third kappa shape index (κ3) is 6.79. The van der Waals surface area contributed by atoms with Gasteiger partial charge >= 0.3 is 12.2 Å². The Morgan fingerprint density at radius 3 is 2.61 bits per heavy atom. The zero-order valence-corrected chi connectivity index (χ0v) is 23.3. The Morgan fingerprint density at radius 1 is 1.17 bits per heavy atom. The lowest BCUT2D eigenvalue weighted by Gasteiger charge is -2.29. The first-order valence-corrected chi connectivity index (χ1v) is 13.7. The molecule has 2 amide bonds. The van der Waals surface area contributed by atoms with E-state index in [0.717, 1.165) is 42.6 Å². The first kappa shape index (κ1) is 28.4. The summed E-state index contributed by atoms with van der Waals surface area (Å²) in [4.78, 5) is 27.1. The Hall–Kier alpha value is -4.11. The molecular formula is C26H27F3N8O3S. The van der Waals surface area contributed by atoms with Crippen LogP contribution in [0, 0.1) is 6.92 Å². The molecule has 0 unspecified atom stereocenters. The number of hydrogen-bond donors (Lipinski definition) is 2. The maximum absolute atomic E-state index is 13.4. The van der Waals surface area contributed by atoms with E-state index in [1.807, 2.05) is 7.05 Å². The molecule has 0 aliphatic carbocycles. The van der Waals surface area contributed by atoms with E-state index in [9.17, 15) is 18.0 Å². The summed E-state index contributed by atoms with van der Waals surface area (Å²) in [6, 6.07) is 4.35. The van der Waals surface area contributed by atoms with Crippen LogP contribution in [0.15, 0.2) is 34.2 Å². The highest BCUT2D eigenvalue weighted by Crippen LogP contribution is 2.40. The number of amides is 2. The van der Waals surface area contributed by atoms with Crippen molar-refractivity contribution < 1.29 is 27.1 Å². The van der Waals surface area contributed by atoms with E-state index in [0.29, 0.717) is 40.7 Å². The molecule has 2 N–H and O–H groups in total. The Balaban J connectivity index is 1.61. The molecule has 0 atom stereocenters. The summed E-state index contributed by atoms with van der Waals surface area (Å²) >= 11 is 0.833. The molecule has 4 aromatic rings. The van der Waals surface area contributed by atoms with Crippen LogP contribution < -0.4 is 15.4 Å². The normalized spacial score (nSPS) is 14.7. The smallest absolute Gasteiger partial charge is 0.434 e. The summed E-state index contributed by atoms with van der Waals surface area (Å²) in [5.74, 6) is 0.947. The minimum atomic E-state index is -4.61. The van der Waals surface area contributed by atoms with Crippen LogP contribution >= 0.6 is 11.3 Å². The van der Waals surface area contributed by atoms with Gasteiger partial charge in [-0.25, -0.2) is 19.7 Å². The number of halogens is 3. The summed E-state index contributed by atoms with van der Waals surface area (Å²) in [5.41, 5.74) is 0.627. The summed E-state index contributed by atoms with van der Waals surface area (Å²) in [7, 11) is 2.05. The number of thiazole rings is 1. The third-order valence-electron chi connectivity index (χ3n) is 6.32. The first-order chi connectivity index (χ1) is 19.6. The minimum Gasteiger partial charge on any atom is -0.474 e. The van der Waals surface area contributed by atoms with Crippen LogP contribution in [-0.4, -0.2) is 68.9 Å². The Kier molecular flexibility index (Phi) is 8.17. The molecule has 0 bridgehead atoms. The molecule has 15 heteroatoms. The topological polar surface area (TPSA) is 131 Å². The van der Waals surface area contributed by atoms with Crippen molar-refractivity contribution in [3.05, 3.63) is 41.4 Å². The number of aromatic nitrogens is 5. The number of alkyl halides is 3. The number of piperidine rings is 1. The van der Waals surface area contributed by atoms with E-state index in [4.69, 9.17) is 9.15 Å². The summed E-state index contributed by atoms with van der Waals surface area (Å²) in [5, 5.41) is 14.2. The van der Waals surface area contributed by atoms with Gasteiger partial charge in [-0.3, -0.25) is 5.32 Å². The number of anilines is 1. The van der Waals surface area contributed by atoms with E-state index in [2.05, 4.69) is 40.7 Å². The van der Waals surface area contributed by atoms with Crippen molar-refractivity contribution in [3.8, 4) is 39.2 Å². The molecule has 0 spiro atoms. The second-order valence-electron chi connectivity index (χ2n) is 9.46. The molecule has 41 heavy (non-hydrogen) atoms. The van der Waals surface area contributed by atoms with Crippen LogP contribution in [0.3, 0.4) is 0 Å². The maximum atomic E-state index is 13.4. The van der Waals surface area contributed by atoms with Gasteiger partial charge in [0.25, 0.3) is 5.89 Å². The molecular weight excluding hydrogens is 561 g/mol. The predicted molar refractivity (Wildman–Crippen MR) is 145 cm³/mol. The number of likely N-dealkylation sites (tertiary alicyclic amines) is 1. The van der Waals surface area contributed by atoms with Crippen molar-refractivity contribution in [1.82, 2.24) is 35.4 Å². The Morgan fingerprint density at radius 2 is 1.95 bits per heavy atom. The monoisotopic (exact) mass is 588 g/mol. The lowest BCUT2D eigenvalue weighted by Crippen LogP contribution is -2.35. The van der Waals surface area contributed by atoms with Gasteiger partial charge < -0.3 is 19.4 Å². The number of nitrogens with one attached hydrogen (secondary N) is 2. The number of urea groups is 1. The van der Waals surface area contributed by atoms with E-state index >= 15 is 0 Å². The van der Waals surface area contributed by atoms with Crippen LogP contribution in [0.25, 0.3) is 33.3 Å². The molecule has 1 aliphatic rings. The van der Waals surface area contributed by atoms with Crippen LogP contribution in [0.5, 0.6) is 5.88 Å². The molecule has 0 aromatic carbocycles. The number of ether oxygens (including phenoxy) is 1. The molecule has 5 heterocycles. The molecule has 4 aromatic heterocycles. The average molecular weight is 589 g/mol. The van der Waals surface area contributed by atoms with Crippen molar-refractivity contribution in [2.24, 2.45) is 0 Å². The summed E-state index contributed by atoms with van der Waals surface area (Å²) in [6.45, 7) is 5.54. The molecule has 216 valence electrons. The van der Waals surface area contributed by atoms with Crippen LogP contribution in [-0.2, 0) is 6.18 Å². The van der Waals surface area contributed by atoms with Gasteiger partial charge in [0, 0.05) is 55.3 Å². The highest BCUT2D eigenvalue weighted by molar-refractivity contribution is 7.13. The Bertz CT molecular complexity index is 1530. The van der Waals surface area contributed by atoms with Crippen molar-refractivity contribution in [2.75, 3.05) is 32.0 Å². The van der Waals surface area contributed by atoms with Crippen molar-refractivity contribution >= 4 is 23.2 Å². The number of carbonyl (C=O) groups excluding carboxylic acids is 1. The molecule has 0 saturated carbocycles. The summed E-state index contributed by atoms with van der Waals surface area (Å²) < 4.78 is 52.2. The lowest BCUT2D eigenvalue weighted by atomic mass is 10.0. The SMILES string of the molecule is CCNC(=O)Nc1cc(-c2nc(C(F)(F)F)cs2)c(-c2cc(OC3CCN(C)CC3)nc(-c3nnc(C)o3)c2)cn1. The van der Waals surface area contributed by atoms with Gasteiger partial charge in [-0.15, -0.1) is 21.5 Å². The Labute approximate surface area is 237 Å². The highest BCUT2D eigenvalue weighted by atomic mass is 32.1. The van der Waals surface area contributed by atoms with Gasteiger partial charge in [0.1, 0.15) is 22.6 Å². The van der Waals surface area contributed by atoms with Gasteiger partial charge in [-0.1, -0.05) is 0 Å². The van der Waals surface area contributed by atoms with E-state index in [1.165, 1.54) is 12.3 Å². The van der Waals surface area contributed by atoms with Gasteiger partial charge in [-0.2, -0.15) is 13.2 Å². The van der Waals surface area contributed by atoms with E-state index < -0.39 is 17.9 Å². The number of nitrogens with zero attached hydrogens (tertiary/aromatic N) is 6. The standard InChI is InChI=1S/C26H27F3N8O3S/c1-4-30-25(38)34-21-11-17(24-33-20(13-41-24)26(27,28)29)18(12-31-21)15-9-19(23-36-35-14(2)39-23)32-22(10-15)40-16-5-7-37(3)8-6-16/h9-13,16H,4-8H2,1-3H3,(H2,30,31,34,38). The molecule has 1 fully saturated rings. The van der Waals surface area contributed by atoms with Crippen molar-refractivity contribution in [2.45, 2.75) is 39.0 Å². The van der Waals surface area contributed by atoms with Crippen LogP contribution in [0.2, 0.25) is 0 Å².